The molecular formula is C15H22N2O4S. The highest BCUT2D eigenvalue weighted by molar-refractivity contribution is 7.92. The number of carbonyl (C=O) groups is 1. The van der Waals surface area contributed by atoms with E-state index < -0.39 is 10.0 Å². The average Bonchev–Trinajstić information content (AvgIpc) is 2.52. The summed E-state index contributed by atoms with van der Waals surface area (Å²) < 4.78 is 30.9. The Balaban J connectivity index is 2.24. The number of hydrogen-bond donors (Lipinski definition) is 1. The van der Waals surface area contributed by atoms with Gasteiger partial charge in [-0.2, -0.15) is 0 Å². The number of anilines is 2. The van der Waals surface area contributed by atoms with Crippen molar-refractivity contribution in [3.05, 3.63) is 23.8 Å². The number of hydrogen-bond acceptors (Lipinski definition) is 4. The highest BCUT2D eigenvalue weighted by Crippen LogP contribution is 2.32. The maximum absolute atomic E-state index is 12.2. The number of sulfonamides is 1. The van der Waals surface area contributed by atoms with E-state index in [2.05, 4.69) is 5.32 Å². The summed E-state index contributed by atoms with van der Waals surface area (Å²) in [6.07, 6.45) is 1.65. The van der Waals surface area contributed by atoms with Crippen LogP contribution in [0.15, 0.2) is 18.2 Å². The molecule has 1 heterocycles. The molecule has 0 atom stereocenters. The lowest BCUT2D eigenvalue weighted by atomic mass is 10.0. The summed E-state index contributed by atoms with van der Waals surface area (Å²) >= 11 is 0. The lowest BCUT2D eigenvalue weighted by molar-refractivity contribution is -0.120. The molecule has 7 heteroatoms. The van der Waals surface area contributed by atoms with E-state index in [1.165, 1.54) is 4.31 Å². The zero-order valence-corrected chi connectivity index (χ0v) is 13.8. The van der Waals surface area contributed by atoms with Gasteiger partial charge < -0.3 is 10.1 Å². The van der Waals surface area contributed by atoms with Crippen LogP contribution >= 0.6 is 0 Å². The Morgan fingerprint density at radius 1 is 1.36 bits per heavy atom. The van der Waals surface area contributed by atoms with Gasteiger partial charge in [-0.15, -0.1) is 0 Å². The zero-order chi connectivity index (χ0) is 16.2. The monoisotopic (exact) mass is 326 g/mol. The maximum atomic E-state index is 12.2. The lowest BCUT2D eigenvalue weighted by Crippen LogP contribution is -2.36. The van der Waals surface area contributed by atoms with Crippen molar-refractivity contribution in [3.8, 4) is 0 Å². The summed E-state index contributed by atoms with van der Waals surface area (Å²) in [6.45, 7) is 4.40. The van der Waals surface area contributed by atoms with Crippen LogP contribution in [0, 0.1) is 0 Å². The number of benzene rings is 1. The van der Waals surface area contributed by atoms with Gasteiger partial charge in [-0.1, -0.05) is 6.07 Å². The first kappa shape index (κ1) is 16.8. The van der Waals surface area contributed by atoms with Gasteiger partial charge in [-0.25, -0.2) is 8.42 Å². The molecule has 122 valence electrons. The molecule has 1 aromatic carbocycles. The summed E-state index contributed by atoms with van der Waals surface area (Å²) in [6, 6.07) is 5.40. The summed E-state index contributed by atoms with van der Waals surface area (Å²) in [4.78, 5) is 11.7. The number of fused-ring (bicyclic) bond motifs is 1. The number of carbonyl (C=O) groups excluding carboxylic acids is 1. The second-order valence-corrected chi connectivity index (χ2v) is 7.29. The largest absolute Gasteiger partial charge is 0.372 e. The number of nitrogens with zero attached hydrogens (tertiary/aromatic N) is 1. The molecule has 1 amide bonds. The molecule has 1 aliphatic heterocycles. The molecule has 0 aliphatic carbocycles. The maximum Gasteiger partial charge on any atom is 0.250 e. The minimum absolute atomic E-state index is 0.00937. The van der Waals surface area contributed by atoms with Gasteiger partial charge in [0.05, 0.1) is 11.4 Å². The third kappa shape index (κ3) is 3.78. The molecule has 0 unspecified atom stereocenters. The summed E-state index contributed by atoms with van der Waals surface area (Å²) in [7, 11) is -3.30. The van der Waals surface area contributed by atoms with Crippen LogP contribution < -0.4 is 9.62 Å². The topological polar surface area (TPSA) is 75.7 Å². The Hall–Kier alpha value is -1.60. The van der Waals surface area contributed by atoms with Gasteiger partial charge in [0.2, 0.25) is 15.9 Å². The van der Waals surface area contributed by atoms with Crippen LogP contribution in [-0.4, -0.2) is 39.8 Å². The first-order chi connectivity index (χ1) is 10.5. The van der Waals surface area contributed by atoms with Crippen molar-refractivity contribution >= 4 is 27.3 Å². The van der Waals surface area contributed by atoms with Crippen molar-refractivity contribution in [3.63, 3.8) is 0 Å². The predicted octanol–water partition coefficient (Wildman–Crippen LogP) is 1.76. The first-order valence-corrected chi connectivity index (χ1v) is 9.09. The number of ether oxygens (including phenoxy) is 1. The van der Waals surface area contributed by atoms with E-state index >= 15 is 0 Å². The van der Waals surface area contributed by atoms with E-state index in [1.807, 2.05) is 13.0 Å². The zero-order valence-electron chi connectivity index (χ0n) is 13.0. The highest BCUT2D eigenvalue weighted by Gasteiger charge is 2.26. The minimum atomic E-state index is -3.30. The average molecular weight is 326 g/mol. The molecule has 1 aliphatic rings. The Labute approximate surface area is 131 Å². The van der Waals surface area contributed by atoms with E-state index in [4.69, 9.17) is 4.74 Å². The Bertz CT molecular complexity index is 643. The fraction of sp³-hybridized carbons (Fsp3) is 0.533. The van der Waals surface area contributed by atoms with Crippen molar-refractivity contribution in [1.82, 2.24) is 0 Å². The standard InChI is InChI=1S/C15H22N2O4S/c1-3-21-11-15(18)16-13-8-7-12-6-5-9-17(14(12)10-13)22(19,20)4-2/h7-8,10H,3-6,9,11H2,1-2H3,(H,16,18). The smallest absolute Gasteiger partial charge is 0.250 e. The number of nitrogens with one attached hydrogen (secondary N) is 1. The summed E-state index contributed by atoms with van der Waals surface area (Å²) in [5.41, 5.74) is 2.25. The number of rotatable bonds is 6. The van der Waals surface area contributed by atoms with Crippen molar-refractivity contribution in [1.29, 1.82) is 0 Å². The highest BCUT2D eigenvalue weighted by atomic mass is 32.2. The van der Waals surface area contributed by atoms with Gasteiger partial charge in [-0.05, 0) is 44.4 Å². The van der Waals surface area contributed by atoms with Crippen LogP contribution in [0.2, 0.25) is 0 Å². The van der Waals surface area contributed by atoms with Crippen molar-refractivity contribution < 1.29 is 17.9 Å². The molecule has 22 heavy (non-hydrogen) atoms. The van der Waals surface area contributed by atoms with E-state index in [9.17, 15) is 13.2 Å². The van der Waals surface area contributed by atoms with E-state index in [0.717, 1.165) is 18.4 Å². The van der Waals surface area contributed by atoms with Gasteiger partial charge in [0.15, 0.2) is 0 Å². The van der Waals surface area contributed by atoms with Gasteiger partial charge in [0, 0.05) is 18.8 Å². The molecule has 0 spiro atoms. The van der Waals surface area contributed by atoms with Gasteiger partial charge in [0.25, 0.3) is 0 Å². The fourth-order valence-corrected chi connectivity index (χ4v) is 3.64. The summed E-state index contributed by atoms with van der Waals surface area (Å²) in [5, 5.41) is 2.73. The second kappa shape index (κ2) is 7.11. The lowest BCUT2D eigenvalue weighted by Gasteiger charge is -2.30. The molecule has 0 bridgehead atoms. The molecule has 2 rings (SSSR count). The molecule has 1 aromatic rings. The molecule has 0 fully saturated rings. The predicted molar refractivity (Wildman–Crippen MR) is 86.7 cm³/mol. The van der Waals surface area contributed by atoms with E-state index in [0.29, 0.717) is 24.5 Å². The van der Waals surface area contributed by atoms with Crippen molar-refractivity contribution in [2.45, 2.75) is 26.7 Å². The van der Waals surface area contributed by atoms with Crippen LogP contribution in [0.3, 0.4) is 0 Å². The van der Waals surface area contributed by atoms with Crippen LogP contribution in [0.25, 0.3) is 0 Å². The first-order valence-electron chi connectivity index (χ1n) is 7.49. The molecular weight excluding hydrogens is 304 g/mol. The van der Waals surface area contributed by atoms with Gasteiger partial charge >= 0.3 is 0 Å². The number of aryl methyl sites for hydroxylation is 1. The third-order valence-corrected chi connectivity index (χ3v) is 5.36. The fourth-order valence-electron chi connectivity index (χ4n) is 2.46. The van der Waals surface area contributed by atoms with Gasteiger partial charge in [-0.3, -0.25) is 9.10 Å². The molecule has 6 nitrogen and oxygen atoms in total. The van der Waals surface area contributed by atoms with E-state index in [1.54, 1.807) is 19.1 Å². The minimum Gasteiger partial charge on any atom is -0.372 e. The van der Waals surface area contributed by atoms with E-state index in [-0.39, 0.29) is 18.3 Å². The molecule has 0 aromatic heterocycles. The normalized spacial score (nSPS) is 14.5. The van der Waals surface area contributed by atoms with Crippen LogP contribution in [0.5, 0.6) is 0 Å². The number of amides is 1. The molecule has 0 saturated heterocycles. The molecule has 0 saturated carbocycles. The SMILES string of the molecule is CCOCC(=O)Nc1ccc2c(c1)N(S(=O)(=O)CC)CCC2. The van der Waals surface area contributed by atoms with Crippen molar-refractivity contribution in [2.24, 2.45) is 0 Å². The third-order valence-electron chi connectivity index (χ3n) is 3.58. The van der Waals surface area contributed by atoms with Crippen molar-refractivity contribution in [2.75, 3.05) is 35.1 Å². The quantitative estimate of drug-likeness (QED) is 0.864. The molecule has 1 N–H and O–H groups in total. The summed E-state index contributed by atoms with van der Waals surface area (Å²) in [5.74, 6) is -0.185. The second-order valence-electron chi connectivity index (χ2n) is 5.11. The Kier molecular flexibility index (Phi) is 5.42. The van der Waals surface area contributed by atoms with Crippen LogP contribution in [-0.2, 0) is 26.0 Å². The van der Waals surface area contributed by atoms with Gasteiger partial charge in [0.1, 0.15) is 6.61 Å². The Morgan fingerprint density at radius 3 is 2.82 bits per heavy atom. The molecule has 0 radical (unpaired) electrons. The Morgan fingerprint density at radius 2 is 2.14 bits per heavy atom. The van der Waals surface area contributed by atoms with Crippen LogP contribution in [0.4, 0.5) is 11.4 Å². The van der Waals surface area contributed by atoms with Crippen LogP contribution in [0.1, 0.15) is 25.8 Å².